The highest BCUT2D eigenvalue weighted by molar-refractivity contribution is 5.88. The summed E-state index contributed by atoms with van der Waals surface area (Å²) in [6.45, 7) is 1.68. The highest BCUT2D eigenvalue weighted by atomic mass is 19.1. The molecule has 8 heteroatoms. The summed E-state index contributed by atoms with van der Waals surface area (Å²) in [5.74, 6) is 3.47. The van der Waals surface area contributed by atoms with Crippen LogP contribution in [0, 0.1) is 23.6 Å². The molecule has 1 saturated heterocycles. The van der Waals surface area contributed by atoms with Crippen molar-refractivity contribution in [1.82, 2.24) is 15.0 Å². The van der Waals surface area contributed by atoms with Crippen molar-refractivity contribution in [2.45, 2.75) is 25.3 Å². The summed E-state index contributed by atoms with van der Waals surface area (Å²) in [6, 6.07) is 7.01. The van der Waals surface area contributed by atoms with Gasteiger partial charge in [0.1, 0.15) is 23.1 Å². The van der Waals surface area contributed by atoms with E-state index in [1.807, 2.05) is 0 Å². The maximum atomic E-state index is 14.5. The zero-order chi connectivity index (χ0) is 22.7. The fraction of sp³-hybridized carbons (Fsp3) is 0.320. The molecule has 7 nitrogen and oxygen atoms in total. The van der Waals surface area contributed by atoms with Crippen LogP contribution in [-0.4, -0.2) is 41.1 Å². The third kappa shape index (κ3) is 3.19. The van der Waals surface area contributed by atoms with Gasteiger partial charge in [-0.05, 0) is 48.2 Å². The Kier molecular flexibility index (Phi) is 4.32. The van der Waals surface area contributed by atoms with Crippen molar-refractivity contribution < 1.29 is 9.13 Å². The van der Waals surface area contributed by atoms with Gasteiger partial charge < -0.3 is 20.7 Å². The molecule has 3 heterocycles. The van der Waals surface area contributed by atoms with Gasteiger partial charge in [-0.25, -0.2) is 9.37 Å². The molecule has 0 amide bonds. The Hall–Kier alpha value is -3.70. The number of halogens is 1. The molecule has 6 rings (SSSR count). The normalized spacial score (nSPS) is 22.1. The average molecular weight is 442 g/mol. The van der Waals surface area contributed by atoms with E-state index < -0.39 is 0 Å². The molecule has 166 valence electrons. The Bertz CT molecular complexity index is 1320. The van der Waals surface area contributed by atoms with E-state index in [0.29, 0.717) is 17.9 Å². The first-order chi connectivity index (χ1) is 16.0. The van der Waals surface area contributed by atoms with Gasteiger partial charge in [-0.15, -0.1) is 6.42 Å². The van der Waals surface area contributed by atoms with Crippen LogP contribution in [0.2, 0.25) is 0 Å². The monoisotopic (exact) mass is 442 g/mol. The van der Waals surface area contributed by atoms with E-state index >= 15 is 0 Å². The quantitative estimate of drug-likeness (QED) is 0.469. The molecule has 1 spiro atoms. The first-order valence-corrected chi connectivity index (χ1v) is 11.0. The van der Waals surface area contributed by atoms with E-state index in [1.54, 1.807) is 31.4 Å². The van der Waals surface area contributed by atoms with Crippen molar-refractivity contribution in [2.75, 3.05) is 30.4 Å². The van der Waals surface area contributed by atoms with Gasteiger partial charge in [0.05, 0.1) is 11.9 Å². The summed E-state index contributed by atoms with van der Waals surface area (Å²) < 4.78 is 20.4. The number of terminal acetylenes is 1. The zero-order valence-electron chi connectivity index (χ0n) is 18.2. The lowest BCUT2D eigenvalue weighted by Gasteiger charge is -2.22. The Morgan fingerprint density at radius 3 is 2.85 bits per heavy atom. The first kappa shape index (κ1) is 19.9. The molecule has 3 aromatic rings. The van der Waals surface area contributed by atoms with Crippen molar-refractivity contribution in [3.63, 3.8) is 0 Å². The maximum Gasteiger partial charge on any atom is 0.324 e. The summed E-state index contributed by atoms with van der Waals surface area (Å²) >= 11 is 0. The molecule has 2 aromatic heterocycles. The fourth-order valence-corrected chi connectivity index (χ4v) is 5.15. The highest BCUT2D eigenvalue weighted by Crippen LogP contribution is 2.54. The second-order valence-corrected chi connectivity index (χ2v) is 9.03. The molecule has 1 aromatic carbocycles. The Morgan fingerprint density at radius 1 is 1.33 bits per heavy atom. The maximum absolute atomic E-state index is 14.5. The van der Waals surface area contributed by atoms with Gasteiger partial charge in [0.25, 0.3) is 0 Å². The van der Waals surface area contributed by atoms with Crippen molar-refractivity contribution in [3.8, 4) is 35.2 Å². The topological polar surface area (TPSA) is 89.2 Å². The second-order valence-electron chi connectivity index (χ2n) is 9.03. The number of nitrogens with zero attached hydrogens (tertiary/aromatic N) is 4. The number of fused-ring (bicyclic) bond motifs is 3. The lowest BCUT2D eigenvalue weighted by Crippen LogP contribution is -2.24. The summed E-state index contributed by atoms with van der Waals surface area (Å²) in [5.41, 5.74) is 11.2. The number of hydrogen-bond acceptors (Lipinski definition) is 7. The molecule has 3 N–H and O–H groups in total. The molecule has 1 aliphatic heterocycles. The van der Waals surface area contributed by atoms with Crippen LogP contribution in [0.25, 0.3) is 11.1 Å². The van der Waals surface area contributed by atoms with Gasteiger partial charge in [0, 0.05) is 49.3 Å². The van der Waals surface area contributed by atoms with Crippen LogP contribution in [0.4, 0.5) is 15.9 Å². The van der Waals surface area contributed by atoms with Crippen LogP contribution >= 0.6 is 0 Å². The minimum absolute atomic E-state index is 0.160. The molecule has 2 atom stereocenters. The molecule has 2 aliphatic carbocycles. The third-order valence-corrected chi connectivity index (χ3v) is 7.07. The first-order valence-electron chi connectivity index (χ1n) is 11.0. The fourth-order valence-electron chi connectivity index (χ4n) is 5.15. The smallest absolute Gasteiger partial charge is 0.324 e. The van der Waals surface area contributed by atoms with Crippen molar-refractivity contribution >= 4 is 11.5 Å². The molecule has 3 aliphatic rings. The number of nitrogens with one attached hydrogen (secondary N) is 1. The second kappa shape index (κ2) is 7.15. The number of anilines is 2. The SMILES string of the molecule is C#Cc1ccc(Oc2nc3c(c(N4CCC5(CC5N)C4)n2)-c2cc(F)cc(NC)c2C3)cn1. The van der Waals surface area contributed by atoms with Gasteiger partial charge in [-0.3, -0.25) is 0 Å². The Labute approximate surface area is 191 Å². The van der Waals surface area contributed by atoms with Crippen LogP contribution in [0.5, 0.6) is 11.8 Å². The lowest BCUT2D eigenvalue weighted by molar-refractivity contribution is 0.438. The Morgan fingerprint density at radius 2 is 2.18 bits per heavy atom. The third-order valence-electron chi connectivity index (χ3n) is 7.07. The van der Waals surface area contributed by atoms with E-state index in [9.17, 15) is 4.39 Å². The number of nitrogens with two attached hydrogens (primary N) is 1. The Balaban J connectivity index is 1.44. The van der Waals surface area contributed by atoms with Crippen molar-refractivity contribution in [3.05, 3.63) is 53.2 Å². The van der Waals surface area contributed by atoms with Crippen LogP contribution in [0.1, 0.15) is 29.8 Å². The summed E-state index contributed by atoms with van der Waals surface area (Å²) in [6.07, 6.45) is 9.58. The molecule has 1 saturated carbocycles. The van der Waals surface area contributed by atoms with Gasteiger partial charge in [-0.1, -0.05) is 5.92 Å². The number of pyridine rings is 1. The van der Waals surface area contributed by atoms with E-state index in [0.717, 1.165) is 59.8 Å². The molecule has 0 bridgehead atoms. The molecule has 33 heavy (non-hydrogen) atoms. The summed E-state index contributed by atoms with van der Waals surface area (Å²) in [4.78, 5) is 15.9. The van der Waals surface area contributed by atoms with Gasteiger partial charge >= 0.3 is 6.01 Å². The summed E-state index contributed by atoms with van der Waals surface area (Å²) in [7, 11) is 1.80. The minimum atomic E-state index is -0.293. The number of benzene rings is 1. The molecular weight excluding hydrogens is 419 g/mol. The minimum Gasteiger partial charge on any atom is -0.423 e. The van der Waals surface area contributed by atoms with Gasteiger partial charge in [0.15, 0.2) is 0 Å². The van der Waals surface area contributed by atoms with E-state index in [4.69, 9.17) is 26.9 Å². The number of rotatable bonds is 4. The van der Waals surface area contributed by atoms with Gasteiger partial charge in [-0.2, -0.15) is 9.97 Å². The molecule has 0 radical (unpaired) electrons. The van der Waals surface area contributed by atoms with Crippen LogP contribution in [-0.2, 0) is 6.42 Å². The van der Waals surface area contributed by atoms with E-state index in [1.165, 1.54) is 6.07 Å². The summed E-state index contributed by atoms with van der Waals surface area (Å²) in [5, 5.41) is 3.11. The van der Waals surface area contributed by atoms with Crippen LogP contribution in [0.15, 0.2) is 30.5 Å². The zero-order valence-corrected chi connectivity index (χ0v) is 18.2. The van der Waals surface area contributed by atoms with Crippen molar-refractivity contribution in [1.29, 1.82) is 0 Å². The highest BCUT2D eigenvalue weighted by Gasteiger charge is 2.56. The lowest BCUT2D eigenvalue weighted by atomic mass is 10.0. The van der Waals surface area contributed by atoms with Crippen molar-refractivity contribution in [2.24, 2.45) is 11.1 Å². The predicted molar refractivity (Wildman–Crippen MR) is 124 cm³/mol. The molecular formula is C25H23FN6O. The number of aromatic nitrogens is 3. The average Bonchev–Trinajstić information content (AvgIpc) is 3.13. The number of hydrogen-bond donors (Lipinski definition) is 2. The van der Waals surface area contributed by atoms with Crippen LogP contribution in [0.3, 0.4) is 0 Å². The molecule has 2 fully saturated rings. The largest absolute Gasteiger partial charge is 0.423 e. The van der Waals surface area contributed by atoms with Gasteiger partial charge in [0.2, 0.25) is 0 Å². The van der Waals surface area contributed by atoms with Crippen LogP contribution < -0.4 is 20.7 Å². The predicted octanol–water partition coefficient (Wildman–Crippen LogP) is 3.32. The van der Waals surface area contributed by atoms with E-state index in [2.05, 4.69) is 21.1 Å². The van der Waals surface area contributed by atoms with E-state index in [-0.39, 0.29) is 23.3 Å². The number of ether oxygens (including phenoxy) is 1. The standard InChI is InChI=1S/C25H23FN6O/c1-3-15-4-5-16(12-29-15)33-24-30-20-10-17-18(8-14(26)9-19(17)28-2)22(20)23(31-24)32-7-6-25(13-32)11-21(25)27/h1,4-5,8-9,12,21,28H,6-7,10-11,13,27H2,2H3. The molecule has 2 unspecified atom stereocenters.